The first-order chi connectivity index (χ1) is 9.54. The number of benzene rings is 1. The average molecular weight is 280 g/mol. The fraction of sp³-hybridized carbons (Fsp3) is 0.600. The Morgan fingerprint density at radius 3 is 2.70 bits per heavy atom. The number of piperazine rings is 1. The Labute approximate surface area is 118 Å². The monoisotopic (exact) mass is 280 g/mol. The first-order valence-electron chi connectivity index (χ1n) is 7.09. The van der Waals surface area contributed by atoms with Crippen molar-refractivity contribution in [3.8, 4) is 11.5 Å². The molecule has 1 aromatic rings. The highest BCUT2D eigenvalue weighted by Crippen LogP contribution is 2.40. The maximum atomic E-state index is 14.2. The molecule has 0 saturated carbocycles. The zero-order valence-electron chi connectivity index (χ0n) is 12.0. The van der Waals surface area contributed by atoms with Crippen molar-refractivity contribution in [2.75, 3.05) is 33.0 Å². The lowest BCUT2D eigenvalue weighted by atomic mass is 9.96. The number of nitrogens with one attached hydrogen (secondary N) is 1. The molecular weight excluding hydrogens is 259 g/mol. The molecule has 2 heterocycles. The van der Waals surface area contributed by atoms with E-state index in [0.717, 1.165) is 44.0 Å². The minimum atomic E-state index is -1.38. The summed E-state index contributed by atoms with van der Waals surface area (Å²) in [6.07, 6.45) is 0. The summed E-state index contributed by atoms with van der Waals surface area (Å²) in [4.78, 5) is 2.35. The van der Waals surface area contributed by atoms with Crippen molar-refractivity contribution in [1.29, 1.82) is 0 Å². The zero-order valence-corrected chi connectivity index (χ0v) is 12.0. The molecule has 4 nitrogen and oxygen atoms in total. The maximum Gasteiger partial charge on any atom is 0.231 e. The summed E-state index contributed by atoms with van der Waals surface area (Å²) in [5.74, 6) is 1.44. The number of hydrogen-bond acceptors (Lipinski definition) is 4. The summed E-state index contributed by atoms with van der Waals surface area (Å²) in [6.45, 7) is 8.12. The third-order valence-corrected chi connectivity index (χ3v) is 3.84. The van der Waals surface area contributed by atoms with Gasteiger partial charge in [-0.1, -0.05) is 0 Å². The highest BCUT2D eigenvalue weighted by Gasteiger charge is 2.27. The van der Waals surface area contributed by atoms with Crippen LogP contribution in [0.4, 0.5) is 4.39 Å². The van der Waals surface area contributed by atoms with Crippen LogP contribution in [0.1, 0.15) is 25.0 Å². The van der Waals surface area contributed by atoms with Gasteiger partial charge in [-0.3, -0.25) is 4.90 Å². The van der Waals surface area contributed by atoms with Crippen molar-refractivity contribution in [3.63, 3.8) is 0 Å². The van der Waals surface area contributed by atoms with Crippen molar-refractivity contribution in [3.05, 3.63) is 23.3 Å². The van der Waals surface area contributed by atoms with Gasteiger partial charge in [0.2, 0.25) is 6.79 Å². The summed E-state index contributed by atoms with van der Waals surface area (Å²) in [7, 11) is 0. The number of nitrogens with zero attached hydrogens (tertiary/aromatic N) is 1. The summed E-state index contributed by atoms with van der Waals surface area (Å²) in [6, 6.07) is 3.67. The maximum absolute atomic E-state index is 14.2. The summed E-state index contributed by atoms with van der Waals surface area (Å²) in [5.41, 5.74) is 0.286. The van der Waals surface area contributed by atoms with Gasteiger partial charge in [0, 0.05) is 38.3 Å². The van der Waals surface area contributed by atoms with Crippen molar-refractivity contribution in [1.82, 2.24) is 10.2 Å². The largest absolute Gasteiger partial charge is 0.454 e. The van der Waals surface area contributed by atoms with Crippen LogP contribution in [-0.2, 0) is 12.2 Å². The van der Waals surface area contributed by atoms with E-state index in [2.05, 4.69) is 10.2 Å². The topological polar surface area (TPSA) is 33.7 Å². The van der Waals surface area contributed by atoms with E-state index >= 15 is 0 Å². The number of ether oxygens (including phenoxy) is 2. The Balaban J connectivity index is 1.90. The van der Waals surface area contributed by atoms with Gasteiger partial charge in [0.15, 0.2) is 11.5 Å². The van der Waals surface area contributed by atoms with Crippen LogP contribution >= 0.6 is 0 Å². The third-order valence-electron chi connectivity index (χ3n) is 3.84. The lowest BCUT2D eigenvalue weighted by molar-refractivity contribution is 0.170. The molecule has 1 N–H and O–H groups in total. The Bertz CT molecular complexity index is 493. The molecule has 0 radical (unpaired) electrons. The van der Waals surface area contributed by atoms with Crippen LogP contribution in [0.15, 0.2) is 12.1 Å². The predicted octanol–water partition coefficient (Wildman–Crippen LogP) is 2.03. The quantitative estimate of drug-likeness (QED) is 0.918. The van der Waals surface area contributed by atoms with Gasteiger partial charge < -0.3 is 14.8 Å². The molecule has 20 heavy (non-hydrogen) atoms. The summed E-state index contributed by atoms with van der Waals surface area (Å²) >= 11 is 0. The van der Waals surface area contributed by atoms with E-state index in [-0.39, 0.29) is 6.79 Å². The van der Waals surface area contributed by atoms with E-state index in [1.54, 1.807) is 19.9 Å². The normalized spacial score (nSPS) is 19.4. The Morgan fingerprint density at radius 1 is 1.25 bits per heavy atom. The van der Waals surface area contributed by atoms with Gasteiger partial charge in [-0.25, -0.2) is 4.39 Å². The van der Waals surface area contributed by atoms with Gasteiger partial charge in [-0.05, 0) is 31.5 Å². The fourth-order valence-corrected chi connectivity index (χ4v) is 2.65. The number of fused-ring (bicyclic) bond motifs is 1. The van der Waals surface area contributed by atoms with Gasteiger partial charge in [0.1, 0.15) is 5.67 Å². The smallest absolute Gasteiger partial charge is 0.231 e. The van der Waals surface area contributed by atoms with E-state index < -0.39 is 5.67 Å². The number of rotatable bonds is 3. The second-order valence-corrected chi connectivity index (χ2v) is 5.87. The van der Waals surface area contributed by atoms with E-state index in [1.807, 2.05) is 6.07 Å². The number of halogens is 1. The van der Waals surface area contributed by atoms with E-state index in [4.69, 9.17) is 9.47 Å². The molecule has 0 aromatic heterocycles. The molecule has 0 bridgehead atoms. The Morgan fingerprint density at radius 2 is 2.00 bits per heavy atom. The third kappa shape index (κ3) is 2.74. The zero-order chi connectivity index (χ0) is 14.2. The summed E-state index contributed by atoms with van der Waals surface area (Å²) < 4.78 is 25.2. The molecule has 2 aliphatic heterocycles. The van der Waals surface area contributed by atoms with Crippen LogP contribution in [0.2, 0.25) is 0 Å². The molecule has 1 aromatic carbocycles. The van der Waals surface area contributed by atoms with Gasteiger partial charge in [0.25, 0.3) is 0 Å². The van der Waals surface area contributed by atoms with Crippen molar-refractivity contribution < 1.29 is 13.9 Å². The molecule has 3 rings (SSSR count). The molecule has 2 aliphatic rings. The van der Waals surface area contributed by atoms with Gasteiger partial charge in [-0.15, -0.1) is 0 Å². The standard InChI is InChI=1S/C15H21FN2O2/c1-15(2,16)12-7-11(9-18-5-3-17-4-6-18)14-13(8-12)19-10-20-14/h7-8,17H,3-6,9-10H2,1-2H3. The van der Waals surface area contributed by atoms with Crippen LogP contribution in [0.5, 0.6) is 11.5 Å². The average Bonchev–Trinajstić information content (AvgIpc) is 2.87. The highest BCUT2D eigenvalue weighted by atomic mass is 19.1. The van der Waals surface area contributed by atoms with Crippen LogP contribution in [0.25, 0.3) is 0 Å². The molecule has 110 valence electrons. The molecule has 5 heteroatoms. The van der Waals surface area contributed by atoms with Crippen molar-refractivity contribution in [2.24, 2.45) is 0 Å². The molecule has 1 saturated heterocycles. The molecule has 0 atom stereocenters. The molecule has 0 amide bonds. The van der Waals surface area contributed by atoms with Gasteiger partial charge >= 0.3 is 0 Å². The Kier molecular flexibility index (Phi) is 3.56. The molecule has 0 aliphatic carbocycles. The number of alkyl halides is 1. The summed E-state index contributed by atoms with van der Waals surface area (Å²) in [5, 5.41) is 3.33. The van der Waals surface area contributed by atoms with Gasteiger partial charge in [0.05, 0.1) is 0 Å². The van der Waals surface area contributed by atoms with Crippen molar-refractivity contribution in [2.45, 2.75) is 26.1 Å². The lowest BCUT2D eigenvalue weighted by Gasteiger charge is -2.28. The van der Waals surface area contributed by atoms with E-state index in [9.17, 15) is 4.39 Å². The SMILES string of the molecule is CC(C)(F)c1cc(CN2CCNCC2)c2c(c1)OCO2. The first kappa shape index (κ1) is 13.6. The molecule has 1 fully saturated rings. The lowest BCUT2D eigenvalue weighted by Crippen LogP contribution is -2.42. The van der Waals surface area contributed by atoms with Crippen LogP contribution < -0.4 is 14.8 Å². The molecule has 0 spiro atoms. The Hall–Kier alpha value is -1.33. The highest BCUT2D eigenvalue weighted by molar-refractivity contribution is 5.52. The first-order valence-corrected chi connectivity index (χ1v) is 7.09. The second-order valence-electron chi connectivity index (χ2n) is 5.87. The molecule has 0 unspecified atom stereocenters. The van der Waals surface area contributed by atoms with Crippen LogP contribution in [0.3, 0.4) is 0 Å². The minimum Gasteiger partial charge on any atom is -0.454 e. The van der Waals surface area contributed by atoms with E-state index in [0.29, 0.717) is 11.3 Å². The number of hydrogen-bond donors (Lipinski definition) is 1. The predicted molar refractivity (Wildman–Crippen MR) is 74.8 cm³/mol. The van der Waals surface area contributed by atoms with Crippen LogP contribution in [-0.4, -0.2) is 37.9 Å². The van der Waals surface area contributed by atoms with Crippen molar-refractivity contribution >= 4 is 0 Å². The van der Waals surface area contributed by atoms with E-state index in [1.165, 1.54) is 0 Å². The second kappa shape index (κ2) is 5.22. The van der Waals surface area contributed by atoms with Gasteiger partial charge in [-0.2, -0.15) is 0 Å². The van der Waals surface area contributed by atoms with Crippen LogP contribution in [0, 0.1) is 0 Å². The fourth-order valence-electron chi connectivity index (χ4n) is 2.65. The minimum absolute atomic E-state index is 0.222. The molecular formula is C15H21FN2O2.